The Balaban J connectivity index is 1.61. The Morgan fingerprint density at radius 1 is 1.18 bits per heavy atom. The molecule has 7 heteroatoms. The zero-order valence-electron chi connectivity index (χ0n) is 15.7. The number of para-hydroxylation sites is 1. The zero-order valence-corrected chi connectivity index (χ0v) is 15.7. The first-order chi connectivity index (χ1) is 13.7. The number of hydrogen-bond donors (Lipinski definition) is 0. The van der Waals surface area contributed by atoms with E-state index in [4.69, 9.17) is 4.74 Å². The number of rotatable bonds is 4. The lowest BCUT2D eigenvalue weighted by Crippen LogP contribution is -2.37. The summed E-state index contributed by atoms with van der Waals surface area (Å²) in [5.74, 6) is 1.50. The van der Waals surface area contributed by atoms with Crippen LogP contribution in [0.3, 0.4) is 0 Å². The van der Waals surface area contributed by atoms with Crippen LogP contribution in [0.25, 0.3) is 16.8 Å². The molecule has 1 aliphatic heterocycles. The van der Waals surface area contributed by atoms with E-state index < -0.39 is 0 Å². The average Bonchev–Trinajstić information content (AvgIpc) is 3.51. The molecule has 2 bridgehead atoms. The van der Waals surface area contributed by atoms with Gasteiger partial charge < -0.3 is 9.64 Å². The molecule has 0 unspecified atom stereocenters. The molecule has 1 aromatic heterocycles. The average molecular weight is 375 g/mol. The first-order valence-corrected chi connectivity index (χ1v) is 9.56. The quantitative estimate of drug-likeness (QED) is 0.701. The van der Waals surface area contributed by atoms with E-state index in [1.54, 1.807) is 11.8 Å². The molecule has 2 atom stereocenters. The van der Waals surface area contributed by atoms with Crippen LogP contribution in [-0.4, -0.2) is 50.7 Å². The molecule has 1 saturated heterocycles. The maximum absolute atomic E-state index is 13.3. The lowest BCUT2D eigenvalue weighted by Gasteiger charge is -2.27. The normalized spacial score (nSPS) is 20.5. The SMILES string of the molecule is COc1ccccc1-c1cc(C(=O)N2C[C@H]3CC[C@H]2C3)cc(-n2cnnn2)c1. The van der Waals surface area contributed by atoms with Crippen LogP contribution in [0.15, 0.2) is 48.8 Å². The second-order valence-electron chi connectivity index (χ2n) is 7.51. The molecule has 142 valence electrons. The van der Waals surface area contributed by atoms with Crippen molar-refractivity contribution in [2.24, 2.45) is 5.92 Å². The summed E-state index contributed by atoms with van der Waals surface area (Å²) in [7, 11) is 1.65. The summed E-state index contributed by atoms with van der Waals surface area (Å²) in [6.45, 7) is 0.864. The summed E-state index contributed by atoms with van der Waals surface area (Å²) >= 11 is 0. The molecule has 2 aliphatic rings. The van der Waals surface area contributed by atoms with Gasteiger partial charge in [0.1, 0.15) is 12.1 Å². The molecule has 1 amide bonds. The van der Waals surface area contributed by atoms with E-state index in [-0.39, 0.29) is 5.91 Å². The monoisotopic (exact) mass is 375 g/mol. The fourth-order valence-electron chi connectivity index (χ4n) is 4.52. The van der Waals surface area contributed by atoms with E-state index in [1.807, 2.05) is 47.4 Å². The van der Waals surface area contributed by atoms with E-state index in [0.717, 1.165) is 42.0 Å². The number of nitrogens with zero attached hydrogens (tertiary/aromatic N) is 5. The summed E-state index contributed by atoms with van der Waals surface area (Å²) < 4.78 is 7.10. The predicted octanol–water partition coefficient (Wildman–Crippen LogP) is 2.96. The van der Waals surface area contributed by atoms with Crippen molar-refractivity contribution in [3.8, 4) is 22.6 Å². The Bertz CT molecular complexity index is 1020. The number of hydrogen-bond acceptors (Lipinski definition) is 5. The third-order valence-electron chi connectivity index (χ3n) is 5.87. The summed E-state index contributed by atoms with van der Waals surface area (Å²) in [4.78, 5) is 15.4. The van der Waals surface area contributed by atoms with Gasteiger partial charge in [0, 0.05) is 23.7 Å². The smallest absolute Gasteiger partial charge is 0.254 e. The number of methoxy groups -OCH3 is 1. The summed E-state index contributed by atoms with van der Waals surface area (Å²) in [6, 6.07) is 14.0. The fraction of sp³-hybridized carbons (Fsp3) is 0.333. The number of fused-ring (bicyclic) bond motifs is 2. The topological polar surface area (TPSA) is 73.1 Å². The zero-order chi connectivity index (χ0) is 19.1. The Morgan fingerprint density at radius 3 is 2.79 bits per heavy atom. The molecule has 2 heterocycles. The first-order valence-electron chi connectivity index (χ1n) is 9.56. The highest BCUT2D eigenvalue weighted by Crippen LogP contribution is 2.39. The Morgan fingerprint density at radius 2 is 2.07 bits per heavy atom. The third-order valence-corrected chi connectivity index (χ3v) is 5.87. The molecule has 1 aliphatic carbocycles. The van der Waals surface area contributed by atoms with E-state index >= 15 is 0 Å². The summed E-state index contributed by atoms with van der Waals surface area (Å²) in [5, 5.41) is 11.5. The van der Waals surface area contributed by atoms with Gasteiger partial charge in [0.15, 0.2) is 0 Å². The second-order valence-corrected chi connectivity index (χ2v) is 7.51. The molecule has 0 N–H and O–H groups in total. The Hall–Kier alpha value is -3.22. The van der Waals surface area contributed by atoms with E-state index in [1.165, 1.54) is 12.7 Å². The summed E-state index contributed by atoms with van der Waals surface area (Å²) in [5.41, 5.74) is 3.23. The van der Waals surface area contributed by atoms with Crippen molar-refractivity contribution in [1.29, 1.82) is 0 Å². The van der Waals surface area contributed by atoms with Crippen molar-refractivity contribution >= 4 is 5.91 Å². The molecule has 2 fully saturated rings. The number of piperidine rings is 1. The van der Waals surface area contributed by atoms with Gasteiger partial charge in [-0.05, 0) is 65.4 Å². The molecule has 28 heavy (non-hydrogen) atoms. The molecule has 5 rings (SSSR count). The van der Waals surface area contributed by atoms with E-state index in [2.05, 4.69) is 15.5 Å². The van der Waals surface area contributed by atoms with Crippen LogP contribution >= 0.6 is 0 Å². The highest BCUT2D eigenvalue weighted by Gasteiger charge is 2.40. The number of aromatic nitrogens is 4. The van der Waals surface area contributed by atoms with Crippen LogP contribution in [0.5, 0.6) is 5.75 Å². The lowest BCUT2D eigenvalue weighted by atomic mass is 10.00. The molecule has 0 spiro atoms. The highest BCUT2D eigenvalue weighted by molar-refractivity contribution is 5.97. The third kappa shape index (κ3) is 2.83. The van der Waals surface area contributed by atoms with Crippen molar-refractivity contribution < 1.29 is 9.53 Å². The molecular weight excluding hydrogens is 354 g/mol. The highest BCUT2D eigenvalue weighted by atomic mass is 16.5. The van der Waals surface area contributed by atoms with Gasteiger partial charge in [-0.1, -0.05) is 18.2 Å². The van der Waals surface area contributed by atoms with Crippen molar-refractivity contribution in [3.63, 3.8) is 0 Å². The van der Waals surface area contributed by atoms with Crippen LogP contribution in [0, 0.1) is 5.92 Å². The number of tetrazole rings is 1. The van der Waals surface area contributed by atoms with Gasteiger partial charge in [-0.25, -0.2) is 4.68 Å². The number of amides is 1. The molecular formula is C21H21N5O2. The largest absolute Gasteiger partial charge is 0.496 e. The van der Waals surface area contributed by atoms with Gasteiger partial charge in [0.2, 0.25) is 0 Å². The summed E-state index contributed by atoms with van der Waals surface area (Å²) in [6.07, 6.45) is 5.03. The standard InChI is InChI=1S/C21H21N5O2/c1-28-20-5-3-2-4-19(20)15-9-16(11-18(10-15)26-13-22-23-24-26)21(27)25-12-14-6-7-17(25)8-14/h2-5,9-11,13-14,17H,6-8,12H2,1H3/t14-,17-/m0/s1. The maximum Gasteiger partial charge on any atom is 0.254 e. The van der Waals surface area contributed by atoms with Crippen molar-refractivity contribution in [2.45, 2.75) is 25.3 Å². The number of carbonyl (C=O) groups is 1. The second kappa shape index (κ2) is 6.74. The van der Waals surface area contributed by atoms with E-state index in [0.29, 0.717) is 17.5 Å². The van der Waals surface area contributed by atoms with Crippen LogP contribution in [-0.2, 0) is 0 Å². The van der Waals surface area contributed by atoms with Gasteiger partial charge in [-0.3, -0.25) is 4.79 Å². The van der Waals surface area contributed by atoms with Crippen molar-refractivity contribution in [2.75, 3.05) is 13.7 Å². The molecule has 0 radical (unpaired) electrons. The van der Waals surface area contributed by atoms with Gasteiger partial charge in [0.25, 0.3) is 5.91 Å². The molecule has 1 saturated carbocycles. The molecule has 7 nitrogen and oxygen atoms in total. The van der Waals surface area contributed by atoms with Crippen LogP contribution < -0.4 is 4.74 Å². The lowest BCUT2D eigenvalue weighted by molar-refractivity contribution is 0.0703. The minimum absolute atomic E-state index is 0.0817. The van der Waals surface area contributed by atoms with Gasteiger partial charge in [0.05, 0.1) is 12.8 Å². The van der Waals surface area contributed by atoms with Gasteiger partial charge in [-0.15, -0.1) is 5.10 Å². The predicted molar refractivity (Wildman–Crippen MR) is 103 cm³/mol. The van der Waals surface area contributed by atoms with Gasteiger partial charge in [-0.2, -0.15) is 0 Å². The fourth-order valence-corrected chi connectivity index (χ4v) is 4.52. The number of likely N-dealkylation sites (tertiary alicyclic amines) is 1. The minimum Gasteiger partial charge on any atom is -0.496 e. The maximum atomic E-state index is 13.3. The van der Waals surface area contributed by atoms with Crippen LogP contribution in [0.2, 0.25) is 0 Å². The Kier molecular flexibility index (Phi) is 4.07. The first kappa shape index (κ1) is 16.9. The Labute approximate surface area is 162 Å². The number of carbonyl (C=O) groups excluding carboxylic acids is 1. The minimum atomic E-state index is 0.0817. The number of benzene rings is 2. The molecule has 3 aromatic rings. The molecule has 2 aromatic carbocycles. The number of ether oxygens (including phenoxy) is 1. The van der Waals surface area contributed by atoms with Crippen molar-refractivity contribution in [3.05, 3.63) is 54.4 Å². The van der Waals surface area contributed by atoms with Gasteiger partial charge >= 0.3 is 0 Å². The van der Waals surface area contributed by atoms with Crippen LogP contribution in [0.4, 0.5) is 0 Å². The van der Waals surface area contributed by atoms with Crippen molar-refractivity contribution in [1.82, 2.24) is 25.1 Å². The van der Waals surface area contributed by atoms with E-state index in [9.17, 15) is 4.79 Å². The van der Waals surface area contributed by atoms with Crippen LogP contribution in [0.1, 0.15) is 29.6 Å².